The van der Waals surface area contributed by atoms with Crippen LogP contribution in [0, 0.1) is 5.92 Å². The molecule has 1 heteroatoms. The highest BCUT2D eigenvalue weighted by molar-refractivity contribution is 5.86. The van der Waals surface area contributed by atoms with Crippen LogP contribution in [0.25, 0.3) is 0 Å². The fourth-order valence-corrected chi connectivity index (χ4v) is 1.72. The normalized spacial score (nSPS) is 19.4. The van der Waals surface area contributed by atoms with Gasteiger partial charge in [-0.3, -0.25) is 4.99 Å². The van der Waals surface area contributed by atoms with Crippen LogP contribution in [-0.4, -0.2) is 5.71 Å². The minimum atomic E-state index is 0.316. The number of aliphatic imine (C=N–C) groups is 1. The molecule has 0 heterocycles. The minimum Gasteiger partial charge on any atom is -0.286 e. The molecule has 0 radical (unpaired) electrons. The maximum absolute atomic E-state index is 4.73. The van der Waals surface area contributed by atoms with Crippen LogP contribution in [0.4, 0.5) is 0 Å². The molecule has 1 saturated carbocycles. The van der Waals surface area contributed by atoms with Crippen LogP contribution in [0.5, 0.6) is 0 Å². The number of benzene rings is 1. The molecule has 1 atom stereocenters. The molecule has 1 fully saturated rings. The van der Waals surface area contributed by atoms with Gasteiger partial charge in [-0.05, 0) is 38.2 Å². The SMILES string of the molecule is C/C(=N/C(C)c1ccccc1)C1CC1. The van der Waals surface area contributed by atoms with Crippen molar-refractivity contribution < 1.29 is 0 Å². The van der Waals surface area contributed by atoms with Gasteiger partial charge in [-0.2, -0.15) is 0 Å². The molecule has 0 aromatic heterocycles. The van der Waals surface area contributed by atoms with Gasteiger partial charge in [0.15, 0.2) is 0 Å². The molecule has 0 aliphatic heterocycles. The van der Waals surface area contributed by atoms with Crippen LogP contribution in [0.15, 0.2) is 35.3 Å². The maximum Gasteiger partial charge on any atom is 0.0720 e. The lowest BCUT2D eigenvalue weighted by molar-refractivity contribution is 0.810. The van der Waals surface area contributed by atoms with Crippen molar-refractivity contribution in [3.63, 3.8) is 0 Å². The number of hydrogen-bond acceptors (Lipinski definition) is 1. The lowest BCUT2D eigenvalue weighted by Gasteiger charge is -2.08. The van der Waals surface area contributed by atoms with Crippen LogP contribution in [0.1, 0.15) is 38.3 Å². The molecular formula is C13H17N. The highest BCUT2D eigenvalue weighted by Crippen LogP contribution is 2.31. The van der Waals surface area contributed by atoms with Gasteiger partial charge in [0.1, 0.15) is 0 Å². The quantitative estimate of drug-likeness (QED) is 0.641. The zero-order valence-electron chi connectivity index (χ0n) is 8.90. The smallest absolute Gasteiger partial charge is 0.0720 e. The molecule has 0 saturated heterocycles. The summed E-state index contributed by atoms with van der Waals surface area (Å²) in [5, 5.41) is 0. The van der Waals surface area contributed by atoms with Crippen molar-refractivity contribution >= 4 is 5.71 Å². The van der Waals surface area contributed by atoms with Crippen LogP contribution in [0.2, 0.25) is 0 Å². The molecule has 0 bridgehead atoms. The molecule has 2 rings (SSSR count). The Morgan fingerprint density at radius 2 is 1.93 bits per heavy atom. The second-order valence-corrected chi connectivity index (χ2v) is 4.13. The summed E-state index contributed by atoms with van der Waals surface area (Å²) in [7, 11) is 0. The van der Waals surface area contributed by atoms with Crippen molar-refractivity contribution in [1.82, 2.24) is 0 Å². The standard InChI is InChI=1S/C13H17N/c1-10(12-6-4-3-5-7-12)14-11(2)13-8-9-13/h3-7,10,13H,8-9H2,1-2H3/b14-11-. The molecule has 0 amide bonds. The summed E-state index contributed by atoms with van der Waals surface area (Å²) < 4.78 is 0. The van der Waals surface area contributed by atoms with Gasteiger partial charge in [-0.1, -0.05) is 30.3 Å². The van der Waals surface area contributed by atoms with Crippen molar-refractivity contribution in [3.05, 3.63) is 35.9 Å². The van der Waals surface area contributed by atoms with E-state index in [2.05, 4.69) is 38.1 Å². The average Bonchev–Trinajstić information content (AvgIpc) is 3.02. The molecule has 1 aliphatic carbocycles. The van der Waals surface area contributed by atoms with Crippen LogP contribution in [0.3, 0.4) is 0 Å². The summed E-state index contributed by atoms with van der Waals surface area (Å²) >= 11 is 0. The third-order valence-corrected chi connectivity index (χ3v) is 2.85. The number of hydrogen-bond donors (Lipinski definition) is 0. The summed E-state index contributed by atoms with van der Waals surface area (Å²) in [5.74, 6) is 0.793. The highest BCUT2D eigenvalue weighted by Gasteiger charge is 2.24. The highest BCUT2D eigenvalue weighted by atomic mass is 14.8. The monoisotopic (exact) mass is 187 g/mol. The van der Waals surface area contributed by atoms with E-state index in [1.54, 1.807) is 0 Å². The van der Waals surface area contributed by atoms with Gasteiger partial charge < -0.3 is 0 Å². The Balaban J connectivity index is 2.08. The molecule has 0 N–H and O–H groups in total. The number of nitrogens with zero attached hydrogens (tertiary/aromatic N) is 1. The third-order valence-electron chi connectivity index (χ3n) is 2.85. The molecule has 1 unspecified atom stereocenters. The first kappa shape index (κ1) is 9.45. The van der Waals surface area contributed by atoms with Crippen LogP contribution >= 0.6 is 0 Å². The molecule has 74 valence electrons. The Morgan fingerprint density at radius 3 is 2.50 bits per heavy atom. The summed E-state index contributed by atoms with van der Waals surface area (Å²) in [6, 6.07) is 10.8. The van der Waals surface area contributed by atoms with Gasteiger partial charge in [0.2, 0.25) is 0 Å². The fraction of sp³-hybridized carbons (Fsp3) is 0.462. The average molecular weight is 187 g/mol. The Hall–Kier alpha value is -1.11. The number of rotatable bonds is 3. The first-order valence-electron chi connectivity index (χ1n) is 5.36. The Labute approximate surface area is 85.9 Å². The van der Waals surface area contributed by atoms with Crippen molar-refractivity contribution in [2.75, 3.05) is 0 Å². The van der Waals surface area contributed by atoms with E-state index in [9.17, 15) is 0 Å². The van der Waals surface area contributed by atoms with Gasteiger partial charge in [0, 0.05) is 5.71 Å². The maximum atomic E-state index is 4.73. The summed E-state index contributed by atoms with van der Waals surface area (Å²) in [4.78, 5) is 4.73. The summed E-state index contributed by atoms with van der Waals surface area (Å²) in [6.45, 7) is 4.33. The zero-order chi connectivity index (χ0) is 9.97. The molecular weight excluding hydrogens is 170 g/mol. The summed E-state index contributed by atoms with van der Waals surface area (Å²) in [6.07, 6.45) is 2.69. The lowest BCUT2D eigenvalue weighted by Crippen LogP contribution is -1.98. The molecule has 14 heavy (non-hydrogen) atoms. The first-order chi connectivity index (χ1) is 6.77. The Bertz CT molecular complexity index is 322. The van der Waals surface area contributed by atoms with Crippen molar-refractivity contribution in [2.45, 2.75) is 32.7 Å². The molecule has 1 aromatic rings. The van der Waals surface area contributed by atoms with E-state index in [1.807, 2.05) is 6.07 Å². The molecule has 1 nitrogen and oxygen atoms in total. The zero-order valence-corrected chi connectivity index (χ0v) is 8.90. The molecule has 1 aliphatic rings. The fourth-order valence-electron chi connectivity index (χ4n) is 1.72. The topological polar surface area (TPSA) is 12.4 Å². The first-order valence-corrected chi connectivity index (χ1v) is 5.36. The second kappa shape index (κ2) is 3.95. The Kier molecular flexibility index (Phi) is 2.67. The van der Waals surface area contributed by atoms with Gasteiger partial charge >= 0.3 is 0 Å². The van der Waals surface area contributed by atoms with Gasteiger partial charge in [-0.25, -0.2) is 0 Å². The van der Waals surface area contributed by atoms with E-state index in [-0.39, 0.29) is 0 Å². The van der Waals surface area contributed by atoms with Crippen molar-refractivity contribution in [1.29, 1.82) is 0 Å². The van der Waals surface area contributed by atoms with Gasteiger partial charge in [0.25, 0.3) is 0 Å². The van der Waals surface area contributed by atoms with Gasteiger partial charge in [-0.15, -0.1) is 0 Å². The van der Waals surface area contributed by atoms with Gasteiger partial charge in [0.05, 0.1) is 6.04 Å². The Morgan fingerprint density at radius 1 is 1.29 bits per heavy atom. The van der Waals surface area contributed by atoms with Crippen molar-refractivity contribution in [2.24, 2.45) is 10.9 Å². The van der Waals surface area contributed by atoms with E-state index >= 15 is 0 Å². The minimum absolute atomic E-state index is 0.316. The van der Waals surface area contributed by atoms with Crippen molar-refractivity contribution in [3.8, 4) is 0 Å². The summed E-state index contributed by atoms with van der Waals surface area (Å²) in [5.41, 5.74) is 2.65. The van der Waals surface area contributed by atoms with E-state index in [0.29, 0.717) is 6.04 Å². The third kappa shape index (κ3) is 2.22. The van der Waals surface area contributed by atoms with Crippen LogP contribution in [-0.2, 0) is 0 Å². The van der Waals surface area contributed by atoms with Crippen LogP contribution < -0.4 is 0 Å². The molecule has 0 spiro atoms. The van der Waals surface area contributed by atoms with E-state index in [0.717, 1.165) is 5.92 Å². The predicted molar refractivity (Wildman–Crippen MR) is 60.7 cm³/mol. The predicted octanol–water partition coefficient (Wildman–Crippen LogP) is 3.62. The molecule has 1 aromatic carbocycles. The van der Waals surface area contributed by atoms with E-state index in [4.69, 9.17) is 4.99 Å². The largest absolute Gasteiger partial charge is 0.286 e. The van der Waals surface area contributed by atoms with E-state index in [1.165, 1.54) is 24.1 Å². The second-order valence-electron chi connectivity index (χ2n) is 4.13. The van der Waals surface area contributed by atoms with E-state index < -0.39 is 0 Å². The lowest BCUT2D eigenvalue weighted by atomic mass is 10.1.